The normalized spacial score (nSPS) is 9.60. The summed E-state index contributed by atoms with van der Waals surface area (Å²) in [4.78, 5) is 21.6. The summed E-state index contributed by atoms with van der Waals surface area (Å²) < 4.78 is 5.04. The van der Waals surface area contributed by atoms with Gasteiger partial charge >= 0.3 is 11.8 Å². The second-order valence-electron chi connectivity index (χ2n) is 4.97. The van der Waals surface area contributed by atoms with Gasteiger partial charge < -0.3 is 15.2 Å². The lowest BCUT2D eigenvalue weighted by Crippen LogP contribution is -2.24. The Hall–Kier alpha value is -3.53. The molecule has 0 aliphatic rings. The number of benzene rings is 2. The molecule has 7 heteroatoms. The van der Waals surface area contributed by atoms with Crippen molar-refractivity contribution in [2.75, 3.05) is 6.54 Å². The first-order valence-electron chi connectivity index (χ1n) is 7.47. The van der Waals surface area contributed by atoms with Crippen molar-refractivity contribution in [1.29, 1.82) is 0 Å². The minimum absolute atomic E-state index is 0.167. The fourth-order valence-corrected chi connectivity index (χ4v) is 1.94. The first-order chi connectivity index (χ1) is 12.1. The van der Waals surface area contributed by atoms with Gasteiger partial charge in [0, 0.05) is 19.0 Å². The van der Waals surface area contributed by atoms with Crippen molar-refractivity contribution in [1.82, 2.24) is 5.32 Å². The molecule has 0 saturated carbocycles. The Morgan fingerprint density at radius 2 is 1.96 bits per heavy atom. The summed E-state index contributed by atoms with van der Waals surface area (Å²) in [6.45, 7) is 0.441. The van der Waals surface area contributed by atoms with Gasteiger partial charge in [-0.25, -0.2) is 4.79 Å². The standard InChI is InChI=1S/C18H16N2O5/c21-17-15(10-6-11-16(17)20(23)24)9-4-5-12-19-18(22)25-13-14-7-2-1-3-8-14/h1-3,6-8,10-11,21H,5,12-13H2,(H,19,22). The van der Waals surface area contributed by atoms with Crippen LogP contribution in [0, 0.1) is 22.0 Å². The van der Waals surface area contributed by atoms with Gasteiger partial charge in [0.2, 0.25) is 5.75 Å². The molecule has 0 aromatic heterocycles. The molecule has 0 aliphatic carbocycles. The van der Waals surface area contributed by atoms with Crippen molar-refractivity contribution in [3.05, 3.63) is 69.8 Å². The monoisotopic (exact) mass is 340 g/mol. The van der Waals surface area contributed by atoms with E-state index in [4.69, 9.17) is 4.74 Å². The molecule has 0 atom stereocenters. The molecule has 2 aromatic carbocycles. The highest BCUT2D eigenvalue weighted by molar-refractivity contribution is 5.67. The van der Waals surface area contributed by atoms with Crippen LogP contribution in [0.3, 0.4) is 0 Å². The van der Waals surface area contributed by atoms with E-state index in [-0.39, 0.29) is 18.7 Å². The highest BCUT2D eigenvalue weighted by atomic mass is 16.6. The molecule has 25 heavy (non-hydrogen) atoms. The van der Waals surface area contributed by atoms with Gasteiger partial charge in [-0.1, -0.05) is 48.2 Å². The Labute approximate surface area is 144 Å². The molecule has 0 fully saturated rings. The number of nitrogens with one attached hydrogen (secondary N) is 1. The van der Waals surface area contributed by atoms with Gasteiger partial charge in [0.1, 0.15) is 6.61 Å². The predicted octanol–water partition coefficient (Wildman–Crippen LogP) is 2.97. The lowest BCUT2D eigenvalue weighted by atomic mass is 10.1. The fourth-order valence-electron chi connectivity index (χ4n) is 1.94. The van der Waals surface area contributed by atoms with E-state index in [1.807, 2.05) is 30.3 Å². The summed E-state index contributed by atoms with van der Waals surface area (Å²) in [5.74, 6) is 4.92. The van der Waals surface area contributed by atoms with E-state index in [9.17, 15) is 20.0 Å². The Morgan fingerprint density at radius 1 is 1.20 bits per heavy atom. The van der Waals surface area contributed by atoms with Gasteiger partial charge in [-0.2, -0.15) is 0 Å². The van der Waals surface area contributed by atoms with Crippen LogP contribution in [0.5, 0.6) is 5.75 Å². The van der Waals surface area contributed by atoms with Crippen molar-refractivity contribution in [2.24, 2.45) is 0 Å². The number of nitro benzene ring substituents is 1. The number of nitrogens with zero attached hydrogens (tertiary/aromatic N) is 1. The van der Waals surface area contributed by atoms with Gasteiger partial charge in [0.25, 0.3) is 0 Å². The molecule has 128 valence electrons. The molecule has 0 heterocycles. The number of aromatic hydroxyl groups is 1. The predicted molar refractivity (Wildman–Crippen MR) is 90.9 cm³/mol. The average molecular weight is 340 g/mol. The van der Waals surface area contributed by atoms with Gasteiger partial charge in [-0.3, -0.25) is 10.1 Å². The fraction of sp³-hybridized carbons (Fsp3) is 0.167. The van der Waals surface area contributed by atoms with E-state index in [1.165, 1.54) is 18.2 Å². The number of ether oxygens (including phenoxy) is 1. The number of amides is 1. The maximum absolute atomic E-state index is 11.5. The number of phenols is 1. The molecule has 2 N–H and O–H groups in total. The van der Waals surface area contributed by atoms with Crippen LogP contribution < -0.4 is 5.32 Å². The molecule has 2 aromatic rings. The van der Waals surface area contributed by atoms with Crippen molar-refractivity contribution in [2.45, 2.75) is 13.0 Å². The minimum Gasteiger partial charge on any atom is -0.501 e. The third-order valence-electron chi connectivity index (χ3n) is 3.17. The smallest absolute Gasteiger partial charge is 0.407 e. The number of carbonyl (C=O) groups excluding carboxylic acids is 1. The Morgan fingerprint density at radius 3 is 2.68 bits per heavy atom. The summed E-state index contributed by atoms with van der Waals surface area (Å²) in [6.07, 6.45) is -0.244. The van der Waals surface area contributed by atoms with E-state index in [1.54, 1.807) is 0 Å². The molecule has 0 saturated heterocycles. The van der Waals surface area contributed by atoms with Gasteiger partial charge in [-0.15, -0.1) is 0 Å². The molecular formula is C18H16N2O5. The summed E-state index contributed by atoms with van der Waals surface area (Å²) in [5, 5.41) is 23.0. The van der Waals surface area contributed by atoms with Gasteiger partial charge in [0.05, 0.1) is 10.5 Å². The van der Waals surface area contributed by atoms with Gasteiger partial charge in [-0.05, 0) is 11.6 Å². The van der Waals surface area contributed by atoms with Crippen LogP contribution in [0.4, 0.5) is 10.5 Å². The zero-order chi connectivity index (χ0) is 18.1. The number of para-hydroxylation sites is 1. The summed E-state index contributed by atoms with van der Waals surface area (Å²) in [6, 6.07) is 13.4. The SMILES string of the molecule is O=C(NCCC#Cc1cccc([N+](=O)[O-])c1O)OCc1ccccc1. The van der Waals surface area contributed by atoms with Crippen LogP contribution >= 0.6 is 0 Å². The maximum atomic E-state index is 11.5. The van der Waals surface area contributed by atoms with Crippen LogP contribution in [-0.4, -0.2) is 22.7 Å². The summed E-state index contributed by atoms with van der Waals surface area (Å²) in [5.41, 5.74) is 0.661. The van der Waals surface area contributed by atoms with E-state index in [0.717, 1.165) is 5.56 Å². The maximum Gasteiger partial charge on any atom is 0.407 e. The number of phenolic OH excluding ortho intramolecular Hbond substituents is 1. The van der Waals surface area contributed by atoms with Crippen LogP contribution in [-0.2, 0) is 11.3 Å². The number of rotatable bonds is 5. The summed E-state index contributed by atoms with van der Waals surface area (Å²) >= 11 is 0. The number of hydrogen-bond donors (Lipinski definition) is 2. The second-order valence-corrected chi connectivity index (χ2v) is 4.97. The summed E-state index contributed by atoms with van der Waals surface area (Å²) in [7, 11) is 0. The van der Waals surface area contributed by atoms with E-state index < -0.39 is 22.5 Å². The molecule has 0 spiro atoms. The molecule has 2 rings (SSSR count). The van der Waals surface area contributed by atoms with Crippen LogP contribution in [0.1, 0.15) is 17.5 Å². The second kappa shape index (κ2) is 8.93. The molecule has 0 bridgehead atoms. The molecule has 1 amide bonds. The highest BCUT2D eigenvalue weighted by Gasteiger charge is 2.14. The van der Waals surface area contributed by atoms with Crippen molar-refractivity contribution in [3.63, 3.8) is 0 Å². The van der Waals surface area contributed by atoms with E-state index in [0.29, 0.717) is 6.42 Å². The molecular weight excluding hydrogens is 324 g/mol. The zero-order valence-electron chi connectivity index (χ0n) is 13.3. The van der Waals surface area contributed by atoms with E-state index >= 15 is 0 Å². The largest absolute Gasteiger partial charge is 0.501 e. The Bertz CT molecular complexity index is 809. The topological polar surface area (TPSA) is 102 Å². The first-order valence-corrected chi connectivity index (χ1v) is 7.47. The van der Waals surface area contributed by atoms with Crippen LogP contribution in [0.25, 0.3) is 0 Å². The highest BCUT2D eigenvalue weighted by Crippen LogP contribution is 2.28. The minimum atomic E-state index is -0.676. The van der Waals surface area contributed by atoms with E-state index in [2.05, 4.69) is 17.2 Å². The Balaban J connectivity index is 1.76. The first kappa shape index (κ1) is 17.8. The van der Waals surface area contributed by atoms with Crippen molar-refractivity contribution >= 4 is 11.8 Å². The van der Waals surface area contributed by atoms with Crippen molar-refractivity contribution in [3.8, 4) is 17.6 Å². The quantitative estimate of drug-likeness (QED) is 0.377. The van der Waals surface area contributed by atoms with Crippen LogP contribution in [0.15, 0.2) is 48.5 Å². The average Bonchev–Trinajstić information content (AvgIpc) is 2.61. The number of carbonyl (C=O) groups is 1. The van der Waals surface area contributed by atoms with Crippen molar-refractivity contribution < 1.29 is 19.6 Å². The lowest BCUT2D eigenvalue weighted by molar-refractivity contribution is -0.385. The third kappa shape index (κ3) is 5.55. The molecule has 0 unspecified atom stereocenters. The zero-order valence-corrected chi connectivity index (χ0v) is 13.3. The van der Waals surface area contributed by atoms with Gasteiger partial charge in [0.15, 0.2) is 0 Å². The molecule has 0 radical (unpaired) electrons. The Kier molecular flexibility index (Phi) is 6.37. The number of nitro groups is 1. The molecule has 7 nitrogen and oxygen atoms in total. The number of hydrogen-bond acceptors (Lipinski definition) is 5. The third-order valence-corrected chi connectivity index (χ3v) is 3.17. The lowest BCUT2D eigenvalue weighted by Gasteiger charge is -2.05. The molecule has 0 aliphatic heterocycles. The number of alkyl carbamates (subject to hydrolysis) is 1. The van der Waals surface area contributed by atoms with Crippen LogP contribution in [0.2, 0.25) is 0 Å².